The molecule has 1 N–H and O–H groups in total. The van der Waals surface area contributed by atoms with Gasteiger partial charge in [-0.15, -0.1) is 0 Å². The fourth-order valence-electron chi connectivity index (χ4n) is 2.98. The lowest BCUT2D eigenvalue weighted by Gasteiger charge is -2.34. The van der Waals surface area contributed by atoms with Crippen LogP contribution in [0.4, 0.5) is 0 Å². The molecule has 4 rings (SSSR count). The zero-order valence-corrected chi connectivity index (χ0v) is 12.7. The fourth-order valence-corrected chi connectivity index (χ4v) is 3.30. The monoisotopic (exact) mass is 299 g/mol. The molecular weight excluding hydrogens is 282 g/mol. The van der Waals surface area contributed by atoms with Crippen LogP contribution in [-0.4, -0.2) is 52.8 Å². The maximum Gasteiger partial charge on any atom is 0.197 e. The smallest absolute Gasteiger partial charge is 0.197 e. The largest absolute Gasteiger partial charge is 0.328 e. The normalized spacial score (nSPS) is 16.9. The van der Waals surface area contributed by atoms with E-state index >= 15 is 0 Å². The molecule has 3 heterocycles. The summed E-state index contributed by atoms with van der Waals surface area (Å²) in [5.41, 5.74) is 3.13. The first-order valence-corrected chi connectivity index (χ1v) is 7.57. The summed E-state index contributed by atoms with van der Waals surface area (Å²) < 4.78 is 2.90. The number of likely N-dealkylation sites (N-methyl/N-ethyl adjacent to an activating group) is 1. The summed E-state index contributed by atoms with van der Waals surface area (Å²) >= 11 is 5.55. The minimum absolute atomic E-state index is 0.743. The van der Waals surface area contributed by atoms with Crippen LogP contribution in [0, 0.1) is 4.77 Å². The minimum atomic E-state index is 0.743. The van der Waals surface area contributed by atoms with Gasteiger partial charge >= 0.3 is 0 Å². The second-order valence-electron chi connectivity index (χ2n) is 5.54. The van der Waals surface area contributed by atoms with E-state index in [0.29, 0.717) is 0 Å². The van der Waals surface area contributed by atoms with Crippen LogP contribution in [0.5, 0.6) is 0 Å². The van der Waals surface area contributed by atoms with Gasteiger partial charge in [-0.2, -0.15) is 0 Å². The number of aromatic amines is 1. The van der Waals surface area contributed by atoms with Crippen molar-refractivity contribution in [1.29, 1.82) is 0 Å². The number of nitrogens with one attached hydrogen (secondary N) is 1. The first kappa shape index (κ1) is 12.8. The lowest BCUT2D eigenvalue weighted by Crippen LogP contribution is -2.49. The zero-order valence-electron chi connectivity index (χ0n) is 11.9. The molecule has 0 amide bonds. The number of benzene rings is 1. The maximum absolute atomic E-state index is 5.55. The summed E-state index contributed by atoms with van der Waals surface area (Å²) in [6.07, 6.45) is 1.88. The minimum Gasteiger partial charge on any atom is -0.328 e. The highest BCUT2D eigenvalue weighted by Gasteiger charge is 2.18. The molecule has 108 valence electrons. The van der Waals surface area contributed by atoms with Gasteiger partial charge < -0.3 is 14.9 Å². The summed E-state index contributed by atoms with van der Waals surface area (Å²) in [6.45, 7) is 4.07. The van der Waals surface area contributed by atoms with Crippen LogP contribution < -0.4 is 5.01 Å². The molecule has 1 saturated heterocycles. The second-order valence-corrected chi connectivity index (χ2v) is 5.92. The topological polar surface area (TPSA) is 40.1 Å². The number of fused-ring (bicyclic) bond motifs is 3. The van der Waals surface area contributed by atoms with Crippen LogP contribution in [0.1, 0.15) is 0 Å². The summed E-state index contributed by atoms with van der Waals surface area (Å²) in [5.74, 6) is 0. The molecule has 0 saturated carbocycles. The van der Waals surface area contributed by atoms with Crippen molar-refractivity contribution >= 4 is 34.2 Å². The quantitative estimate of drug-likeness (QED) is 0.699. The number of nitrogens with zero attached hydrogens (tertiary/aromatic N) is 4. The van der Waals surface area contributed by atoms with E-state index in [0.717, 1.165) is 52.9 Å². The van der Waals surface area contributed by atoms with E-state index in [9.17, 15) is 0 Å². The van der Waals surface area contributed by atoms with Gasteiger partial charge in [-0.1, -0.05) is 18.2 Å². The third-order valence-electron chi connectivity index (χ3n) is 4.16. The number of para-hydroxylation sites is 1. The lowest BCUT2D eigenvalue weighted by atomic mass is 10.2. The summed E-state index contributed by atoms with van der Waals surface area (Å²) in [4.78, 5) is 10.1. The molecule has 1 aromatic carbocycles. The molecule has 6 heteroatoms. The number of hydrogen-bond donors (Lipinski definition) is 1. The van der Waals surface area contributed by atoms with Gasteiger partial charge in [-0.3, -0.25) is 4.98 Å². The Morgan fingerprint density at radius 3 is 2.71 bits per heavy atom. The third kappa shape index (κ3) is 2.02. The Balaban J connectivity index is 1.97. The molecule has 3 aromatic rings. The van der Waals surface area contributed by atoms with Crippen molar-refractivity contribution in [3.8, 4) is 0 Å². The van der Waals surface area contributed by atoms with Crippen molar-refractivity contribution in [2.45, 2.75) is 0 Å². The van der Waals surface area contributed by atoms with Crippen LogP contribution >= 0.6 is 12.2 Å². The standard InChI is InChI=1S/C15H17N5S/c1-18-6-8-19(9-7-18)20-14-11-4-2-3-5-12(11)16-10-13(14)17-15(20)21/h2-5,10H,6-9H2,1H3,(H,17,21). The number of rotatable bonds is 1. The second kappa shape index (κ2) is 4.82. The average Bonchev–Trinajstić information content (AvgIpc) is 2.85. The number of piperazine rings is 1. The zero-order chi connectivity index (χ0) is 14.4. The Bertz CT molecular complexity index is 857. The Morgan fingerprint density at radius 1 is 1.14 bits per heavy atom. The molecule has 0 radical (unpaired) electrons. The van der Waals surface area contributed by atoms with Crippen molar-refractivity contribution in [2.75, 3.05) is 38.2 Å². The lowest BCUT2D eigenvalue weighted by molar-refractivity contribution is 0.288. The van der Waals surface area contributed by atoms with Gasteiger partial charge in [0.15, 0.2) is 4.77 Å². The van der Waals surface area contributed by atoms with Crippen molar-refractivity contribution in [3.05, 3.63) is 35.2 Å². The van der Waals surface area contributed by atoms with Crippen molar-refractivity contribution < 1.29 is 0 Å². The van der Waals surface area contributed by atoms with Crippen molar-refractivity contribution in [2.24, 2.45) is 0 Å². The van der Waals surface area contributed by atoms with Gasteiger partial charge in [0, 0.05) is 31.6 Å². The van der Waals surface area contributed by atoms with E-state index in [1.54, 1.807) is 0 Å². The average molecular weight is 299 g/mol. The Labute approximate surface area is 127 Å². The van der Waals surface area contributed by atoms with Crippen LogP contribution in [-0.2, 0) is 0 Å². The molecular formula is C15H17N5S. The van der Waals surface area contributed by atoms with E-state index in [4.69, 9.17) is 12.2 Å². The number of imidazole rings is 1. The van der Waals surface area contributed by atoms with E-state index in [2.05, 4.69) is 37.7 Å². The first-order chi connectivity index (χ1) is 10.2. The highest BCUT2D eigenvalue weighted by atomic mass is 32.1. The van der Waals surface area contributed by atoms with Crippen LogP contribution in [0.2, 0.25) is 0 Å². The number of H-pyrrole nitrogens is 1. The highest BCUT2D eigenvalue weighted by Crippen LogP contribution is 2.24. The van der Waals surface area contributed by atoms with Crippen LogP contribution in [0.15, 0.2) is 30.5 Å². The molecule has 2 aromatic heterocycles. The van der Waals surface area contributed by atoms with Gasteiger partial charge in [-0.05, 0) is 25.3 Å². The van der Waals surface area contributed by atoms with Gasteiger partial charge in [0.2, 0.25) is 0 Å². The maximum atomic E-state index is 5.55. The Morgan fingerprint density at radius 2 is 1.90 bits per heavy atom. The molecule has 1 aliphatic heterocycles. The molecule has 5 nitrogen and oxygen atoms in total. The SMILES string of the molecule is CN1CCN(n2c(=S)[nH]c3cnc4ccccc4c32)CC1. The predicted molar refractivity (Wildman–Crippen MR) is 87.9 cm³/mol. The predicted octanol–water partition coefficient (Wildman–Crippen LogP) is 2.13. The first-order valence-electron chi connectivity index (χ1n) is 7.16. The number of hydrogen-bond acceptors (Lipinski definition) is 4. The summed E-state index contributed by atoms with van der Waals surface area (Å²) in [6, 6.07) is 8.22. The van der Waals surface area contributed by atoms with Crippen molar-refractivity contribution in [3.63, 3.8) is 0 Å². The highest BCUT2D eigenvalue weighted by molar-refractivity contribution is 7.71. The van der Waals surface area contributed by atoms with Gasteiger partial charge in [0.05, 0.1) is 22.7 Å². The van der Waals surface area contributed by atoms with Crippen molar-refractivity contribution in [1.82, 2.24) is 19.5 Å². The molecule has 0 bridgehead atoms. The van der Waals surface area contributed by atoms with E-state index in [1.807, 2.05) is 24.4 Å². The molecule has 21 heavy (non-hydrogen) atoms. The van der Waals surface area contributed by atoms with Gasteiger partial charge in [-0.25, -0.2) is 4.68 Å². The van der Waals surface area contributed by atoms with Gasteiger partial charge in [0.25, 0.3) is 0 Å². The van der Waals surface area contributed by atoms with E-state index < -0.39 is 0 Å². The van der Waals surface area contributed by atoms with Crippen LogP contribution in [0.25, 0.3) is 21.9 Å². The number of pyridine rings is 1. The molecule has 1 aliphatic rings. The Kier molecular flexibility index (Phi) is 2.94. The summed E-state index contributed by atoms with van der Waals surface area (Å²) in [5, 5.41) is 3.47. The van der Waals surface area contributed by atoms with E-state index in [-0.39, 0.29) is 0 Å². The molecule has 0 unspecified atom stereocenters. The van der Waals surface area contributed by atoms with E-state index in [1.165, 1.54) is 0 Å². The fraction of sp³-hybridized carbons (Fsp3) is 0.333. The van der Waals surface area contributed by atoms with Crippen LogP contribution in [0.3, 0.4) is 0 Å². The molecule has 0 aliphatic carbocycles. The molecule has 0 spiro atoms. The third-order valence-corrected chi connectivity index (χ3v) is 4.43. The summed E-state index contributed by atoms with van der Waals surface area (Å²) in [7, 11) is 2.16. The molecule has 1 fully saturated rings. The van der Waals surface area contributed by atoms with Gasteiger partial charge in [0.1, 0.15) is 0 Å². The number of aromatic nitrogens is 3. The molecule has 0 atom stereocenters. The Hall–Kier alpha value is -1.92.